The molecule has 2 aromatic rings. The van der Waals surface area contributed by atoms with E-state index in [9.17, 15) is 4.79 Å². The number of hydrogen-bond donors (Lipinski definition) is 3. The van der Waals surface area contributed by atoms with Gasteiger partial charge >= 0.3 is 6.03 Å². The summed E-state index contributed by atoms with van der Waals surface area (Å²) in [5.41, 5.74) is 8.35. The molecule has 19 heavy (non-hydrogen) atoms. The number of pyridine rings is 1. The number of urea groups is 1. The molecule has 0 aliphatic heterocycles. The van der Waals surface area contributed by atoms with E-state index in [1.807, 2.05) is 24.3 Å². The zero-order valence-electron chi connectivity index (χ0n) is 10.5. The zero-order valence-corrected chi connectivity index (χ0v) is 10.5. The fraction of sp³-hybridized carbons (Fsp3) is 0.143. The summed E-state index contributed by atoms with van der Waals surface area (Å²) in [7, 11) is 0. The molecule has 0 atom stereocenters. The van der Waals surface area contributed by atoms with Gasteiger partial charge in [-0.3, -0.25) is 4.98 Å². The summed E-state index contributed by atoms with van der Waals surface area (Å²) < 4.78 is 0. The average Bonchev–Trinajstić information content (AvgIpc) is 2.46. The van der Waals surface area contributed by atoms with Crippen LogP contribution in [-0.4, -0.2) is 11.0 Å². The summed E-state index contributed by atoms with van der Waals surface area (Å²) >= 11 is 0. The summed E-state index contributed by atoms with van der Waals surface area (Å²) in [6.07, 6.45) is 3.25. The quantitative estimate of drug-likeness (QED) is 0.781. The van der Waals surface area contributed by atoms with Crippen LogP contribution in [0.4, 0.5) is 10.5 Å². The minimum atomic E-state index is -0.246. The van der Waals surface area contributed by atoms with E-state index in [2.05, 4.69) is 15.6 Å². The Balaban J connectivity index is 1.86. The van der Waals surface area contributed by atoms with Crippen molar-refractivity contribution < 1.29 is 4.79 Å². The molecule has 0 fully saturated rings. The number of rotatable bonds is 4. The fourth-order valence-electron chi connectivity index (χ4n) is 1.66. The maximum absolute atomic E-state index is 11.7. The molecule has 0 spiro atoms. The van der Waals surface area contributed by atoms with Crippen molar-refractivity contribution in [2.24, 2.45) is 5.73 Å². The van der Waals surface area contributed by atoms with Gasteiger partial charge in [-0.1, -0.05) is 24.3 Å². The number of anilines is 1. The van der Waals surface area contributed by atoms with Gasteiger partial charge in [0.15, 0.2) is 0 Å². The summed E-state index contributed by atoms with van der Waals surface area (Å²) in [4.78, 5) is 15.6. The van der Waals surface area contributed by atoms with Gasteiger partial charge in [0.2, 0.25) is 0 Å². The number of carbonyl (C=O) groups is 1. The van der Waals surface area contributed by atoms with Crippen molar-refractivity contribution in [3.8, 4) is 0 Å². The second kappa shape index (κ2) is 6.51. The molecule has 2 amide bonds. The molecular formula is C14H16N4O. The highest BCUT2D eigenvalue weighted by atomic mass is 16.2. The van der Waals surface area contributed by atoms with Crippen molar-refractivity contribution in [2.45, 2.75) is 13.1 Å². The Morgan fingerprint density at radius 3 is 2.63 bits per heavy atom. The Kier molecular flexibility index (Phi) is 4.47. The van der Waals surface area contributed by atoms with Gasteiger partial charge in [0, 0.05) is 31.2 Å². The average molecular weight is 256 g/mol. The van der Waals surface area contributed by atoms with Crippen LogP contribution in [0.15, 0.2) is 48.8 Å². The van der Waals surface area contributed by atoms with E-state index in [-0.39, 0.29) is 6.03 Å². The first-order valence-corrected chi connectivity index (χ1v) is 6.00. The van der Waals surface area contributed by atoms with E-state index in [1.165, 1.54) is 0 Å². The van der Waals surface area contributed by atoms with Gasteiger partial charge in [0.05, 0.1) is 0 Å². The number of benzene rings is 1. The van der Waals surface area contributed by atoms with E-state index in [0.29, 0.717) is 18.8 Å². The SMILES string of the molecule is NCc1cccc(CNC(=O)Nc2ccncc2)c1. The second-order valence-electron chi connectivity index (χ2n) is 4.07. The third-order valence-corrected chi connectivity index (χ3v) is 2.62. The Labute approximate surface area is 111 Å². The topological polar surface area (TPSA) is 80.0 Å². The van der Waals surface area contributed by atoms with Gasteiger partial charge in [-0.05, 0) is 23.3 Å². The molecule has 2 rings (SSSR count). The number of carbonyl (C=O) groups excluding carboxylic acids is 1. The molecule has 0 bridgehead atoms. The minimum Gasteiger partial charge on any atom is -0.334 e. The van der Waals surface area contributed by atoms with Crippen molar-refractivity contribution in [1.82, 2.24) is 10.3 Å². The highest BCUT2D eigenvalue weighted by Gasteiger charge is 2.01. The van der Waals surface area contributed by atoms with Crippen LogP contribution >= 0.6 is 0 Å². The Morgan fingerprint density at radius 1 is 1.16 bits per heavy atom. The summed E-state index contributed by atoms with van der Waals surface area (Å²) in [5.74, 6) is 0. The van der Waals surface area contributed by atoms with Crippen molar-refractivity contribution >= 4 is 11.7 Å². The summed E-state index contributed by atoms with van der Waals surface area (Å²) in [6, 6.07) is 11.0. The Hall–Kier alpha value is -2.40. The number of nitrogens with two attached hydrogens (primary N) is 1. The molecule has 1 heterocycles. The lowest BCUT2D eigenvalue weighted by molar-refractivity contribution is 0.251. The summed E-state index contributed by atoms with van der Waals surface area (Å²) in [5, 5.41) is 5.51. The highest BCUT2D eigenvalue weighted by molar-refractivity contribution is 5.88. The van der Waals surface area contributed by atoms with Crippen LogP contribution in [0.1, 0.15) is 11.1 Å². The molecule has 0 aliphatic rings. The number of amides is 2. The molecule has 98 valence electrons. The molecule has 0 saturated carbocycles. The number of nitrogens with one attached hydrogen (secondary N) is 2. The molecule has 4 N–H and O–H groups in total. The monoisotopic (exact) mass is 256 g/mol. The standard InChI is InChI=1S/C14H16N4O/c15-9-11-2-1-3-12(8-11)10-17-14(19)18-13-4-6-16-7-5-13/h1-8H,9-10,15H2,(H2,16,17,18,19). The second-order valence-corrected chi connectivity index (χ2v) is 4.07. The molecule has 5 nitrogen and oxygen atoms in total. The number of nitrogens with zero attached hydrogens (tertiary/aromatic N) is 1. The lowest BCUT2D eigenvalue weighted by atomic mass is 10.1. The summed E-state index contributed by atoms with van der Waals surface area (Å²) in [6.45, 7) is 0.960. The molecule has 1 aromatic carbocycles. The normalized spacial score (nSPS) is 9.95. The third kappa shape index (κ3) is 4.08. The van der Waals surface area contributed by atoms with E-state index in [1.54, 1.807) is 24.5 Å². The van der Waals surface area contributed by atoms with E-state index >= 15 is 0 Å². The van der Waals surface area contributed by atoms with Gasteiger partial charge in [-0.2, -0.15) is 0 Å². The molecule has 0 aliphatic carbocycles. The van der Waals surface area contributed by atoms with Gasteiger partial charge < -0.3 is 16.4 Å². The van der Waals surface area contributed by atoms with Gasteiger partial charge in [-0.15, -0.1) is 0 Å². The van der Waals surface area contributed by atoms with Crippen LogP contribution in [0.5, 0.6) is 0 Å². The first kappa shape index (κ1) is 13.0. The first-order chi connectivity index (χ1) is 9.28. The van der Waals surface area contributed by atoms with E-state index < -0.39 is 0 Å². The van der Waals surface area contributed by atoms with Crippen molar-refractivity contribution in [3.05, 3.63) is 59.9 Å². The largest absolute Gasteiger partial charge is 0.334 e. The molecule has 5 heteroatoms. The number of hydrogen-bond acceptors (Lipinski definition) is 3. The minimum absolute atomic E-state index is 0.246. The van der Waals surface area contributed by atoms with Crippen molar-refractivity contribution in [1.29, 1.82) is 0 Å². The van der Waals surface area contributed by atoms with E-state index in [0.717, 1.165) is 11.1 Å². The maximum atomic E-state index is 11.7. The van der Waals surface area contributed by atoms with E-state index in [4.69, 9.17) is 5.73 Å². The van der Waals surface area contributed by atoms with Gasteiger partial charge in [0.1, 0.15) is 0 Å². The Morgan fingerprint density at radius 2 is 1.89 bits per heavy atom. The first-order valence-electron chi connectivity index (χ1n) is 6.00. The Bertz CT molecular complexity index is 542. The molecular weight excluding hydrogens is 240 g/mol. The van der Waals surface area contributed by atoms with Crippen LogP contribution in [0.25, 0.3) is 0 Å². The van der Waals surface area contributed by atoms with Crippen molar-refractivity contribution in [2.75, 3.05) is 5.32 Å². The predicted molar refractivity (Wildman–Crippen MR) is 74.4 cm³/mol. The van der Waals surface area contributed by atoms with Crippen LogP contribution < -0.4 is 16.4 Å². The fourth-order valence-corrected chi connectivity index (χ4v) is 1.66. The van der Waals surface area contributed by atoms with Gasteiger partial charge in [0.25, 0.3) is 0 Å². The lowest BCUT2D eigenvalue weighted by Crippen LogP contribution is -2.28. The van der Waals surface area contributed by atoms with Crippen LogP contribution in [-0.2, 0) is 13.1 Å². The van der Waals surface area contributed by atoms with Crippen LogP contribution in [0.2, 0.25) is 0 Å². The lowest BCUT2D eigenvalue weighted by Gasteiger charge is -2.08. The zero-order chi connectivity index (χ0) is 13.5. The van der Waals surface area contributed by atoms with Crippen LogP contribution in [0.3, 0.4) is 0 Å². The number of aromatic nitrogens is 1. The predicted octanol–water partition coefficient (Wildman–Crippen LogP) is 1.86. The molecule has 1 aromatic heterocycles. The van der Waals surface area contributed by atoms with Crippen LogP contribution in [0, 0.1) is 0 Å². The van der Waals surface area contributed by atoms with Gasteiger partial charge in [-0.25, -0.2) is 4.79 Å². The smallest absolute Gasteiger partial charge is 0.319 e. The maximum Gasteiger partial charge on any atom is 0.319 e. The molecule has 0 radical (unpaired) electrons. The van der Waals surface area contributed by atoms with Crippen molar-refractivity contribution in [3.63, 3.8) is 0 Å². The highest BCUT2D eigenvalue weighted by Crippen LogP contribution is 2.05. The third-order valence-electron chi connectivity index (χ3n) is 2.62. The molecule has 0 unspecified atom stereocenters. The molecule has 0 saturated heterocycles.